The molecule has 2 aromatic carbocycles. The molecule has 0 bridgehead atoms. The Morgan fingerprint density at radius 2 is 1.96 bits per heavy atom. The molecular weight excluding hydrogens is 358 g/mol. The molecule has 0 fully saturated rings. The van der Waals surface area contributed by atoms with Crippen molar-refractivity contribution in [3.05, 3.63) is 54.4 Å². The topological polar surface area (TPSA) is 68.1 Å². The minimum absolute atomic E-state index is 0.791. The number of aromatic nitrogens is 5. The second-order valence-electron chi connectivity index (χ2n) is 6.22. The van der Waals surface area contributed by atoms with Crippen LogP contribution in [0.4, 0.5) is 0 Å². The quantitative estimate of drug-likeness (QED) is 0.499. The molecule has 7 heteroatoms. The minimum atomic E-state index is 0.791. The maximum Gasteiger partial charge on any atom is 0.235 e. The number of hydrogen-bond acceptors (Lipinski definition) is 5. The molecule has 3 aromatic heterocycles. The first-order valence-electron chi connectivity index (χ1n) is 8.75. The Labute approximate surface area is 159 Å². The third-order valence-corrected chi connectivity index (χ3v) is 5.57. The summed E-state index contributed by atoms with van der Waals surface area (Å²) in [5.41, 5.74) is 4.29. The SMILES string of the molecule is CCc1nnc2sc(-c3[nH]c4ccc(OC)cc4c3-c3ccccc3)nn12. The van der Waals surface area contributed by atoms with Crippen molar-refractivity contribution < 1.29 is 4.74 Å². The van der Waals surface area contributed by atoms with Crippen molar-refractivity contribution in [3.63, 3.8) is 0 Å². The molecule has 134 valence electrons. The number of H-pyrrole nitrogens is 1. The van der Waals surface area contributed by atoms with Gasteiger partial charge in [-0.3, -0.25) is 0 Å². The molecule has 5 rings (SSSR count). The molecule has 0 aliphatic heterocycles. The molecule has 1 N–H and O–H groups in total. The molecule has 0 spiro atoms. The van der Waals surface area contributed by atoms with E-state index in [2.05, 4.69) is 40.3 Å². The van der Waals surface area contributed by atoms with Crippen LogP contribution in [0.3, 0.4) is 0 Å². The van der Waals surface area contributed by atoms with E-state index in [4.69, 9.17) is 9.84 Å². The summed E-state index contributed by atoms with van der Waals surface area (Å²) < 4.78 is 7.28. The van der Waals surface area contributed by atoms with Gasteiger partial charge >= 0.3 is 0 Å². The van der Waals surface area contributed by atoms with E-state index in [1.807, 2.05) is 34.8 Å². The van der Waals surface area contributed by atoms with Gasteiger partial charge in [-0.25, -0.2) is 0 Å². The number of rotatable bonds is 4. The van der Waals surface area contributed by atoms with Gasteiger partial charge in [-0.1, -0.05) is 48.6 Å². The van der Waals surface area contributed by atoms with Crippen molar-refractivity contribution in [2.24, 2.45) is 0 Å². The lowest BCUT2D eigenvalue weighted by Crippen LogP contribution is -1.93. The van der Waals surface area contributed by atoms with Crippen LogP contribution in [0.1, 0.15) is 12.7 Å². The molecular formula is C20H17N5OS. The molecule has 0 radical (unpaired) electrons. The van der Waals surface area contributed by atoms with Crippen molar-refractivity contribution in [1.29, 1.82) is 0 Å². The van der Waals surface area contributed by atoms with Crippen LogP contribution in [0, 0.1) is 0 Å². The van der Waals surface area contributed by atoms with Gasteiger partial charge in [0.25, 0.3) is 0 Å². The van der Waals surface area contributed by atoms with Crippen molar-refractivity contribution >= 4 is 27.2 Å². The summed E-state index contributed by atoms with van der Waals surface area (Å²) in [5, 5.41) is 15.2. The van der Waals surface area contributed by atoms with Gasteiger partial charge in [0.1, 0.15) is 5.75 Å². The molecule has 0 aliphatic carbocycles. The Morgan fingerprint density at radius 3 is 2.74 bits per heavy atom. The maximum atomic E-state index is 5.44. The monoisotopic (exact) mass is 375 g/mol. The first kappa shape index (κ1) is 16.0. The van der Waals surface area contributed by atoms with Gasteiger partial charge in [0.2, 0.25) is 4.96 Å². The van der Waals surface area contributed by atoms with Gasteiger partial charge in [0.15, 0.2) is 10.8 Å². The number of nitrogens with one attached hydrogen (secondary N) is 1. The summed E-state index contributed by atoms with van der Waals surface area (Å²) in [6.07, 6.45) is 0.791. The lowest BCUT2D eigenvalue weighted by atomic mass is 10.0. The summed E-state index contributed by atoms with van der Waals surface area (Å²) in [7, 11) is 1.69. The van der Waals surface area contributed by atoms with Crippen molar-refractivity contribution in [1.82, 2.24) is 24.8 Å². The predicted octanol–water partition coefficient (Wildman–Crippen LogP) is 4.57. The molecule has 0 unspecified atom stereocenters. The fraction of sp³-hybridized carbons (Fsp3) is 0.150. The highest BCUT2D eigenvalue weighted by atomic mass is 32.1. The number of methoxy groups -OCH3 is 1. The minimum Gasteiger partial charge on any atom is -0.497 e. The first-order valence-corrected chi connectivity index (χ1v) is 9.56. The van der Waals surface area contributed by atoms with Crippen LogP contribution in [0.5, 0.6) is 5.75 Å². The Balaban J connectivity index is 1.81. The highest BCUT2D eigenvalue weighted by Crippen LogP contribution is 2.40. The highest BCUT2D eigenvalue weighted by molar-refractivity contribution is 7.19. The van der Waals surface area contributed by atoms with Crippen LogP contribution < -0.4 is 4.74 Å². The Kier molecular flexibility index (Phi) is 3.68. The first-order chi connectivity index (χ1) is 13.3. The van der Waals surface area contributed by atoms with Gasteiger partial charge in [-0.05, 0) is 23.8 Å². The van der Waals surface area contributed by atoms with Crippen molar-refractivity contribution in [3.8, 4) is 27.6 Å². The number of aromatic amines is 1. The van der Waals surface area contributed by atoms with Gasteiger partial charge in [-0.2, -0.15) is 9.61 Å². The number of aryl methyl sites for hydroxylation is 1. The van der Waals surface area contributed by atoms with E-state index in [9.17, 15) is 0 Å². The summed E-state index contributed by atoms with van der Waals surface area (Å²) in [4.78, 5) is 4.35. The van der Waals surface area contributed by atoms with Gasteiger partial charge in [-0.15, -0.1) is 10.2 Å². The number of fused-ring (bicyclic) bond motifs is 2. The Hall–Kier alpha value is -3.19. The zero-order chi connectivity index (χ0) is 18.4. The number of ether oxygens (including phenoxy) is 1. The fourth-order valence-corrected chi connectivity index (χ4v) is 4.21. The van der Waals surface area contributed by atoms with Gasteiger partial charge in [0.05, 0.1) is 12.8 Å². The lowest BCUT2D eigenvalue weighted by Gasteiger charge is -2.04. The average molecular weight is 375 g/mol. The largest absolute Gasteiger partial charge is 0.497 e. The third kappa shape index (κ3) is 2.50. The van der Waals surface area contributed by atoms with Crippen LogP contribution in [0.2, 0.25) is 0 Å². The van der Waals surface area contributed by atoms with Crippen molar-refractivity contribution in [2.45, 2.75) is 13.3 Å². The zero-order valence-corrected chi connectivity index (χ0v) is 15.7. The molecule has 27 heavy (non-hydrogen) atoms. The summed E-state index contributed by atoms with van der Waals surface area (Å²) in [5.74, 6) is 1.70. The predicted molar refractivity (Wildman–Crippen MR) is 107 cm³/mol. The standard InChI is InChI=1S/C20H17N5OS/c1-3-16-22-23-20-25(16)24-19(27-20)18-17(12-7-5-4-6-8-12)14-11-13(26-2)9-10-15(14)21-18/h4-11,21H,3H2,1-2H3. The molecule has 6 nitrogen and oxygen atoms in total. The van der Waals surface area contributed by atoms with Gasteiger partial charge < -0.3 is 9.72 Å². The fourth-order valence-electron chi connectivity index (χ4n) is 3.34. The average Bonchev–Trinajstić information content (AvgIpc) is 3.39. The van der Waals surface area contributed by atoms with Gasteiger partial charge in [0, 0.05) is 22.9 Å². The summed E-state index contributed by atoms with van der Waals surface area (Å²) in [6.45, 7) is 2.06. The van der Waals surface area contributed by atoms with Crippen LogP contribution >= 0.6 is 11.3 Å². The molecule has 0 saturated heterocycles. The summed E-state index contributed by atoms with van der Waals surface area (Å²) >= 11 is 1.54. The number of nitrogens with zero attached hydrogens (tertiary/aromatic N) is 4. The van der Waals surface area contributed by atoms with Crippen LogP contribution in [0.25, 0.3) is 37.7 Å². The summed E-state index contributed by atoms with van der Waals surface area (Å²) in [6, 6.07) is 16.4. The van der Waals surface area contributed by atoms with E-state index in [0.717, 1.165) is 55.7 Å². The lowest BCUT2D eigenvalue weighted by molar-refractivity contribution is 0.415. The molecule has 0 atom stereocenters. The molecule has 0 saturated carbocycles. The van der Waals surface area contributed by atoms with Crippen LogP contribution in [-0.2, 0) is 6.42 Å². The van der Waals surface area contributed by atoms with E-state index in [0.29, 0.717) is 0 Å². The second-order valence-corrected chi connectivity index (χ2v) is 7.18. The van der Waals surface area contributed by atoms with E-state index < -0.39 is 0 Å². The zero-order valence-electron chi connectivity index (χ0n) is 14.9. The number of hydrogen-bond donors (Lipinski definition) is 1. The smallest absolute Gasteiger partial charge is 0.235 e. The molecule has 5 aromatic rings. The van der Waals surface area contributed by atoms with E-state index in [1.165, 1.54) is 11.3 Å². The van der Waals surface area contributed by atoms with Crippen LogP contribution in [-0.4, -0.2) is 31.9 Å². The Bertz CT molecular complexity index is 1250. The van der Waals surface area contributed by atoms with E-state index >= 15 is 0 Å². The second kappa shape index (κ2) is 6.21. The molecule has 0 aliphatic rings. The van der Waals surface area contributed by atoms with E-state index in [1.54, 1.807) is 7.11 Å². The maximum absolute atomic E-state index is 5.44. The normalized spacial score (nSPS) is 11.5. The number of benzene rings is 2. The highest BCUT2D eigenvalue weighted by Gasteiger charge is 2.20. The molecule has 3 heterocycles. The van der Waals surface area contributed by atoms with E-state index in [-0.39, 0.29) is 0 Å². The Morgan fingerprint density at radius 1 is 1.11 bits per heavy atom. The van der Waals surface area contributed by atoms with Crippen LogP contribution in [0.15, 0.2) is 48.5 Å². The third-order valence-electron chi connectivity index (χ3n) is 4.65. The molecule has 0 amide bonds. The van der Waals surface area contributed by atoms with Crippen molar-refractivity contribution in [2.75, 3.05) is 7.11 Å².